The van der Waals surface area contributed by atoms with Crippen molar-refractivity contribution in [2.75, 3.05) is 0 Å². The van der Waals surface area contributed by atoms with Gasteiger partial charge in [-0.15, -0.1) is 0 Å². The SMILES string of the molecule is O=c1c2c3nc4ccccc4nc3n(/N=C/c3ccccn3)c2ncn1CCc1ccccc1. The highest BCUT2D eigenvalue weighted by molar-refractivity contribution is 6.04. The number of nitrogens with zero attached hydrogens (tertiary/aromatic N) is 7. The van der Waals surface area contributed by atoms with Gasteiger partial charge in [-0.25, -0.2) is 15.0 Å². The first-order valence-electron chi connectivity index (χ1n) is 10.9. The molecule has 0 aliphatic carbocycles. The summed E-state index contributed by atoms with van der Waals surface area (Å²) in [5.41, 5.74) is 4.48. The van der Waals surface area contributed by atoms with Crippen LogP contribution in [0.15, 0.2) is 95.2 Å². The Labute approximate surface area is 193 Å². The first-order chi connectivity index (χ1) is 16.8. The van der Waals surface area contributed by atoms with Gasteiger partial charge in [-0.1, -0.05) is 48.5 Å². The lowest BCUT2D eigenvalue weighted by atomic mass is 10.1. The first-order valence-corrected chi connectivity index (χ1v) is 10.9. The molecule has 164 valence electrons. The minimum Gasteiger partial charge on any atom is -0.298 e. The zero-order valence-corrected chi connectivity index (χ0v) is 18.1. The summed E-state index contributed by atoms with van der Waals surface area (Å²) < 4.78 is 3.19. The average Bonchev–Trinajstić information content (AvgIpc) is 3.20. The van der Waals surface area contributed by atoms with Crippen molar-refractivity contribution in [2.24, 2.45) is 5.10 Å². The molecule has 0 atom stereocenters. The van der Waals surface area contributed by atoms with Crippen LogP contribution in [0.1, 0.15) is 11.3 Å². The molecule has 2 aromatic carbocycles. The normalized spacial score (nSPS) is 11.8. The van der Waals surface area contributed by atoms with Gasteiger partial charge in [-0.3, -0.25) is 14.3 Å². The van der Waals surface area contributed by atoms with Crippen LogP contribution in [0.25, 0.3) is 33.2 Å². The minimum atomic E-state index is -0.165. The predicted molar refractivity (Wildman–Crippen MR) is 132 cm³/mol. The number of rotatable bonds is 5. The molecule has 0 unspecified atom stereocenters. The van der Waals surface area contributed by atoms with E-state index in [1.165, 1.54) is 0 Å². The maximum Gasteiger partial charge on any atom is 0.265 e. The fourth-order valence-electron chi connectivity index (χ4n) is 3.99. The second-order valence-corrected chi connectivity index (χ2v) is 7.87. The molecule has 4 heterocycles. The summed E-state index contributed by atoms with van der Waals surface area (Å²) in [5, 5.41) is 4.98. The summed E-state index contributed by atoms with van der Waals surface area (Å²) in [6, 6.07) is 23.2. The molecule has 0 aliphatic heterocycles. The molecule has 8 heteroatoms. The predicted octanol–water partition coefficient (Wildman–Crippen LogP) is 3.81. The van der Waals surface area contributed by atoms with Gasteiger partial charge < -0.3 is 0 Å². The van der Waals surface area contributed by atoms with Crippen molar-refractivity contribution in [1.82, 2.24) is 29.2 Å². The summed E-state index contributed by atoms with van der Waals surface area (Å²) in [4.78, 5) is 32.0. The minimum absolute atomic E-state index is 0.165. The van der Waals surface area contributed by atoms with Crippen LogP contribution in [0.2, 0.25) is 0 Å². The number of aryl methyl sites for hydroxylation is 2. The zero-order chi connectivity index (χ0) is 22.9. The Morgan fingerprint density at radius 2 is 1.59 bits per heavy atom. The van der Waals surface area contributed by atoms with Crippen LogP contribution in [0, 0.1) is 0 Å². The number of aromatic nitrogens is 6. The van der Waals surface area contributed by atoms with Gasteiger partial charge in [0.05, 0.1) is 29.3 Å². The van der Waals surface area contributed by atoms with Crippen molar-refractivity contribution >= 4 is 39.4 Å². The fourth-order valence-corrected chi connectivity index (χ4v) is 3.99. The van der Waals surface area contributed by atoms with E-state index in [1.807, 2.05) is 72.8 Å². The van der Waals surface area contributed by atoms with E-state index in [1.54, 1.807) is 28.0 Å². The Morgan fingerprint density at radius 1 is 0.824 bits per heavy atom. The van der Waals surface area contributed by atoms with E-state index in [0.717, 1.165) is 17.5 Å². The number of pyridine rings is 1. The summed E-state index contributed by atoms with van der Waals surface area (Å²) in [6.07, 6.45) is 5.61. The largest absolute Gasteiger partial charge is 0.298 e. The molecule has 0 saturated carbocycles. The van der Waals surface area contributed by atoms with Gasteiger partial charge in [0.15, 0.2) is 11.3 Å². The number of hydrogen-bond donors (Lipinski definition) is 0. The molecule has 0 fully saturated rings. The average molecular weight is 445 g/mol. The molecule has 0 amide bonds. The quantitative estimate of drug-likeness (QED) is 0.376. The van der Waals surface area contributed by atoms with E-state index in [4.69, 9.17) is 9.97 Å². The van der Waals surface area contributed by atoms with Gasteiger partial charge in [0.25, 0.3) is 5.56 Å². The van der Waals surface area contributed by atoms with Crippen molar-refractivity contribution in [2.45, 2.75) is 13.0 Å². The van der Waals surface area contributed by atoms with Gasteiger partial charge in [-0.2, -0.15) is 9.78 Å². The Bertz CT molecular complexity index is 1720. The van der Waals surface area contributed by atoms with E-state index in [-0.39, 0.29) is 5.56 Å². The topological polar surface area (TPSA) is 90.8 Å². The van der Waals surface area contributed by atoms with Gasteiger partial charge in [0.1, 0.15) is 10.9 Å². The van der Waals surface area contributed by atoms with Gasteiger partial charge in [0, 0.05) is 12.7 Å². The fraction of sp³-hybridized carbons (Fsp3) is 0.0769. The number of hydrogen-bond acceptors (Lipinski definition) is 6. The van der Waals surface area contributed by atoms with Crippen molar-refractivity contribution in [1.29, 1.82) is 0 Å². The van der Waals surface area contributed by atoms with E-state index in [9.17, 15) is 4.79 Å². The molecule has 0 N–H and O–H groups in total. The third-order valence-electron chi connectivity index (χ3n) is 5.69. The van der Waals surface area contributed by atoms with E-state index in [2.05, 4.69) is 15.1 Å². The van der Waals surface area contributed by atoms with Crippen LogP contribution < -0.4 is 5.56 Å². The van der Waals surface area contributed by atoms with E-state index >= 15 is 0 Å². The molecule has 0 spiro atoms. The molecule has 34 heavy (non-hydrogen) atoms. The molecular weight excluding hydrogens is 426 g/mol. The summed E-state index contributed by atoms with van der Waals surface area (Å²) >= 11 is 0. The van der Waals surface area contributed by atoms with Crippen LogP contribution in [-0.2, 0) is 13.0 Å². The van der Waals surface area contributed by atoms with Crippen molar-refractivity contribution in [3.63, 3.8) is 0 Å². The molecule has 0 saturated heterocycles. The maximum atomic E-state index is 13.6. The third kappa shape index (κ3) is 3.51. The molecule has 6 aromatic rings. The summed E-state index contributed by atoms with van der Waals surface area (Å²) in [6.45, 7) is 0.511. The van der Waals surface area contributed by atoms with Gasteiger partial charge >= 0.3 is 0 Å². The van der Waals surface area contributed by atoms with Crippen molar-refractivity contribution in [3.05, 3.63) is 107 Å². The van der Waals surface area contributed by atoms with Gasteiger partial charge in [-0.05, 0) is 36.2 Å². The van der Waals surface area contributed by atoms with Crippen LogP contribution in [0.3, 0.4) is 0 Å². The highest BCUT2D eigenvalue weighted by Crippen LogP contribution is 2.24. The highest BCUT2D eigenvalue weighted by Gasteiger charge is 2.19. The molecule has 0 aliphatic rings. The molecular formula is C26H19N7O. The van der Waals surface area contributed by atoms with E-state index < -0.39 is 0 Å². The lowest BCUT2D eigenvalue weighted by Gasteiger charge is -2.05. The van der Waals surface area contributed by atoms with Crippen LogP contribution in [0.5, 0.6) is 0 Å². The second-order valence-electron chi connectivity index (χ2n) is 7.87. The van der Waals surface area contributed by atoms with Crippen molar-refractivity contribution in [3.8, 4) is 0 Å². The summed E-state index contributed by atoms with van der Waals surface area (Å²) in [5.74, 6) is 0. The number of benzene rings is 2. The molecule has 0 bridgehead atoms. The standard InChI is InChI=1S/C26H19N7O/c34-26-22-23-25(31-21-12-5-4-11-20(21)30-23)33(29-16-19-10-6-7-14-27-19)24(22)28-17-32(26)15-13-18-8-2-1-3-9-18/h1-12,14,16-17H,13,15H2/b29-16+. The maximum absolute atomic E-state index is 13.6. The second kappa shape index (κ2) is 8.32. The lowest BCUT2D eigenvalue weighted by molar-refractivity contribution is 0.661. The molecule has 8 nitrogen and oxygen atoms in total. The van der Waals surface area contributed by atoms with Crippen LogP contribution >= 0.6 is 0 Å². The highest BCUT2D eigenvalue weighted by atomic mass is 16.1. The first kappa shape index (κ1) is 19.9. The molecule has 6 rings (SSSR count). The number of fused-ring (bicyclic) bond motifs is 4. The number of para-hydroxylation sites is 2. The summed E-state index contributed by atoms with van der Waals surface area (Å²) in [7, 11) is 0. The Kier molecular flexibility index (Phi) is 4.88. The smallest absolute Gasteiger partial charge is 0.265 e. The monoisotopic (exact) mass is 445 g/mol. The molecule has 4 aromatic heterocycles. The Morgan fingerprint density at radius 3 is 2.38 bits per heavy atom. The van der Waals surface area contributed by atoms with Gasteiger partial charge in [0.2, 0.25) is 0 Å². The zero-order valence-electron chi connectivity index (χ0n) is 18.1. The third-order valence-corrected chi connectivity index (χ3v) is 5.69. The lowest BCUT2D eigenvalue weighted by Crippen LogP contribution is -2.21. The van der Waals surface area contributed by atoms with Crippen LogP contribution in [-0.4, -0.2) is 35.4 Å². The van der Waals surface area contributed by atoms with Crippen LogP contribution in [0.4, 0.5) is 0 Å². The van der Waals surface area contributed by atoms with E-state index in [0.29, 0.717) is 40.0 Å². The molecule has 0 radical (unpaired) electrons. The Hall–Kier alpha value is -4.72. The van der Waals surface area contributed by atoms with Crippen molar-refractivity contribution < 1.29 is 0 Å². The Balaban J connectivity index is 1.55.